The van der Waals surface area contributed by atoms with E-state index in [0.29, 0.717) is 0 Å². The maximum absolute atomic E-state index is 4.42. The minimum Gasteiger partial charge on any atom is -0.269 e. The highest BCUT2D eigenvalue weighted by molar-refractivity contribution is 7.81. The highest BCUT2D eigenvalue weighted by atomic mass is 32.1. The fraction of sp³-hybridized carbons (Fsp3) is 0.750. The molecule has 0 heterocycles. The Balaban J connectivity index is 0.000000248. The van der Waals surface area contributed by atoms with Crippen molar-refractivity contribution in [2.75, 3.05) is 0 Å². The second-order valence-corrected chi connectivity index (χ2v) is 46.7. The summed E-state index contributed by atoms with van der Waals surface area (Å²) in [6.45, 7) is 11.6. The summed E-state index contributed by atoms with van der Waals surface area (Å²) in [5, 5.41) is 0. The Morgan fingerprint density at radius 1 is 0.154 bits per heavy atom. The lowest BCUT2D eigenvalue weighted by atomic mass is 9.68. The van der Waals surface area contributed by atoms with Crippen LogP contribution in [0.25, 0.3) is 0 Å². The smallest absolute Gasteiger partial charge is 0.00401 e. The van der Waals surface area contributed by atoms with Gasteiger partial charge in [-0.05, 0) is 399 Å². The van der Waals surface area contributed by atoms with Crippen LogP contribution in [0, 0.1) is 88.8 Å². The molecule has 0 unspecified atom stereocenters. The van der Waals surface area contributed by atoms with Crippen LogP contribution < -0.4 is 0 Å². The van der Waals surface area contributed by atoms with E-state index in [2.05, 4.69) is 219 Å². The Labute approximate surface area is 824 Å². The first-order chi connectivity index (χ1) is 61.3. The maximum Gasteiger partial charge on any atom is 0.00401 e. The number of unbranched alkanes of at least 4 members (excludes halogenated alkanes) is 15. The third-order valence-corrected chi connectivity index (χ3v) is 37.3. The molecule has 0 radical (unpaired) electrons. The molecule has 0 aromatic heterocycles. The number of rotatable bonds is 35. The van der Waals surface area contributed by atoms with Crippen LogP contribution >= 0.6 is 63.1 Å². The van der Waals surface area contributed by atoms with Gasteiger partial charge < -0.3 is 0 Å². The van der Waals surface area contributed by atoms with Gasteiger partial charge in [0.15, 0.2) is 0 Å². The van der Waals surface area contributed by atoms with Crippen LogP contribution in [0.2, 0.25) is 0 Å². The fourth-order valence-electron chi connectivity index (χ4n) is 27.4. The van der Waals surface area contributed by atoms with Crippen LogP contribution in [0.15, 0.2) is 146 Å². The number of halogens is 5. The molecule has 130 heavy (non-hydrogen) atoms. The van der Waals surface area contributed by atoms with Gasteiger partial charge >= 0.3 is 0 Å². The Morgan fingerprint density at radius 3 is 0.385 bits per heavy atom. The van der Waals surface area contributed by atoms with E-state index in [4.69, 9.17) is 0 Å². The zero-order valence-corrected chi connectivity index (χ0v) is 87.8. The summed E-state index contributed by atoms with van der Waals surface area (Å²) < 4.78 is 0. The summed E-state index contributed by atoms with van der Waals surface area (Å²) in [5.41, 5.74) is 7.74. The standard InChI is InChI=1S/5C24H38S.5FH/c5*1-2-3-4-5-6-19-7-9-20(10-8-19)21-11-13-22(14-12-21)23-15-17-24(25)18-16-23;;;;;/h5*15-22,25H,2-14H2,1H3;5*1H. The van der Waals surface area contributed by atoms with Crippen LogP contribution in [0.5, 0.6) is 0 Å². The van der Waals surface area contributed by atoms with Crippen LogP contribution in [0.4, 0.5) is 23.5 Å². The lowest BCUT2D eigenvalue weighted by Gasteiger charge is -2.38. The highest BCUT2D eigenvalue weighted by Crippen LogP contribution is 2.52. The summed E-state index contributed by atoms with van der Waals surface area (Å²) in [4.78, 5) is 5.43. The summed E-state index contributed by atoms with van der Waals surface area (Å²) in [5.74, 6) is 19.7. The van der Waals surface area contributed by atoms with Gasteiger partial charge in [-0.15, -0.1) is 63.1 Å². The molecular formula is C120H195F5S5. The molecule has 10 heteroatoms. The number of thiol groups is 5. The Morgan fingerprint density at radius 2 is 0.269 bits per heavy atom. The Kier molecular flexibility index (Phi) is 59.9. The van der Waals surface area contributed by atoms with E-state index in [1.54, 1.807) is 27.8 Å². The van der Waals surface area contributed by atoms with Crippen molar-refractivity contribution in [1.82, 2.24) is 0 Å². The average Bonchev–Trinajstić information content (AvgIpc) is 0.850. The van der Waals surface area contributed by atoms with Gasteiger partial charge in [-0.25, -0.2) is 0 Å². The molecule has 5 aromatic rings. The number of hydrogen-bond donors (Lipinski definition) is 5. The van der Waals surface area contributed by atoms with Crippen LogP contribution in [0.3, 0.4) is 0 Å². The normalized spacial score (nSPS) is 29.2. The summed E-state index contributed by atoms with van der Waals surface area (Å²) in [7, 11) is 0. The first-order valence-electron chi connectivity index (χ1n) is 55.2. The van der Waals surface area contributed by atoms with Crippen molar-refractivity contribution in [1.29, 1.82) is 0 Å². The molecule has 10 aliphatic carbocycles. The van der Waals surface area contributed by atoms with Gasteiger partial charge in [0.1, 0.15) is 0 Å². The summed E-state index contributed by atoms with van der Waals surface area (Å²) in [6.07, 6.45) is 95.8. The van der Waals surface area contributed by atoms with Gasteiger partial charge in [-0.3, -0.25) is 23.5 Å². The third-order valence-electron chi connectivity index (χ3n) is 35.8. The van der Waals surface area contributed by atoms with Crippen molar-refractivity contribution in [2.45, 2.75) is 506 Å². The van der Waals surface area contributed by atoms with Gasteiger partial charge in [0.25, 0.3) is 0 Å². The predicted octanol–water partition coefficient (Wildman–Crippen LogP) is 40.9. The molecule has 5 aromatic carbocycles. The van der Waals surface area contributed by atoms with Gasteiger partial charge in [0.05, 0.1) is 0 Å². The van der Waals surface area contributed by atoms with E-state index in [9.17, 15) is 0 Å². The highest BCUT2D eigenvalue weighted by Gasteiger charge is 2.38. The minimum atomic E-state index is 0. The van der Waals surface area contributed by atoms with E-state index < -0.39 is 0 Å². The third kappa shape index (κ3) is 41.1. The SMILES string of the molecule is CCCCCCC1CCC(C2CCC(c3ccc(S)cc3)CC2)CC1.CCCCCCC1CCC(C2CCC(c3ccc(S)cc3)CC2)CC1.CCCCCCC1CCC(C2CCC(c3ccc(S)cc3)CC2)CC1.CCCCCCC1CCC(C2CCC(c3ccc(S)cc3)CC2)CC1.CCCCCCC1CCC(C2CCC(c3ccc(S)cc3)CC2)CC1.F.F.F.F.F. The van der Waals surface area contributed by atoms with Crippen molar-refractivity contribution in [3.8, 4) is 0 Å². The predicted molar refractivity (Wildman–Crippen MR) is 576 cm³/mol. The largest absolute Gasteiger partial charge is 0.269 e. The molecule has 0 saturated heterocycles. The molecule has 0 atom stereocenters. The number of benzene rings is 5. The average molecular weight is 1890 g/mol. The monoisotopic (exact) mass is 1890 g/mol. The molecule has 10 aliphatic rings. The second-order valence-electron chi connectivity index (χ2n) is 44.2. The number of hydrogen-bond acceptors (Lipinski definition) is 5. The van der Waals surface area contributed by atoms with Crippen molar-refractivity contribution >= 4 is 63.1 Å². The Bertz CT molecular complexity index is 2950. The zero-order valence-electron chi connectivity index (χ0n) is 83.3. The van der Waals surface area contributed by atoms with Crippen LogP contribution in [-0.2, 0) is 0 Å². The molecule has 0 amide bonds. The lowest BCUT2D eigenvalue weighted by molar-refractivity contribution is 0.155. The minimum absolute atomic E-state index is 0. The van der Waals surface area contributed by atoms with E-state index in [0.717, 1.165) is 143 Å². The van der Waals surface area contributed by atoms with Gasteiger partial charge in [-0.1, -0.05) is 320 Å². The van der Waals surface area contributed by atoms with E-state index in [-0.39, 0.29) is 23.5 Å². The topological polar surface area (TPSA) is 0 Å². The molecule has 0 bridgehead atoms. The molecule has 0 N–H and O–H groups in total. The second kappa shape index (κ2) is 67.0. The molecule has 15 rings (SSSR count). The molecule has 740 valence electrons. The van der Waals surface area contributed by atoms with Gasteiger partial charge in [0.2, 0.25) is 0 Å². The first kappa shape index (κ1) is 116. The zero-order chi connectivity index (χ0) is 87.4. The molecular weight excluding hydrogens is 1700 g/mol. The van der Waals surface area contributed by atoms with Crippen molar-refractivity contribution in [2.24, 2.45) is 88.8 Å². The maximum atomic E-state index is 4.42. The molecule has 10 saturated carbocycles. The quantitative estimate of drug-likeness (QED) is 0.0149. The molecule has 0 spiro atoms. The first-order valence-corrected chi connectivity index (χ1v) is 57.5. The summed E-state index contributed by atoms with van der Waals surface area (Å²) >= 11 is 22.1. The van der Waals surface area contributed by atoms with E-state index in [1.165, 1.54) is 417 Å². The molecule has 10 fully saturated rings. The van der Waals surface area contributed by atoms with E-state index in [1.807, 2.05) is 0 Å². The van der Waals surface area contributed by atoms with Crippen molar-refractivity contribution in [3.05, 3.63) is 149 Å². The lowest BCUT2D eigenvalue weighted by Crippen LogP contribution is -2.25. The van der Waals surface area contributed by atoms with Crippen LogP contribution in [-0.4, -0.2) is 0 Å². The Hall–Kier alpha value is -2.50. The van der Waals surface area contributed by atoms with Crippen LogP contribution in [0.1, 0.15) is 509 Å². The van der Waals surface area contributed by atoms with Gasteiger partial charge in [-0.2, -0.15) is 0 Å². The van der Waals surface area contributed by atoms with Gasteiger partial charge in [0, 0.05) is 24.5 Å². The molecule has 0 nitrogen and oxygen atoms in total. The molecule has 0 aliphatic heterocycles. The van der Waals surface area contributed by atoms with Crippen molar-refractivity contribution < 1.29 is 23.5 Å². The summed E-state index contributed by atoms with van der Waals surface area (Å²) in [6, 6.07) is 44.6. The fourth-order valence-corrected chi connectivity index (χ4v) is 28.1. The van der Waals surface area contributed by atoms with Crippen molar-refractivity contribution in [3.63, 3.8) is 0 Å². The van der Waals surface area contributed by atoms with E-state index >= 15 is 0 Å².